The summed E-state index contributed by atoms with van der Waals surface area (Å²) in [5.41, 5.74) is 1.70. The molecule has 0 unspecified atom stereocenters. The number of carbonyl (C=O) groups is 1. The van der Waals surface area contributed by atoms with Gasteiger partial charge in [0.1, 0.15) is 35.1 Å². The van der Waals surface area contributed by atoms with Crippen molar-refractivity contribution in [2.75, 3.05) is 7.11 Å². The fourth-order valence-corrected chi connectivity index (χ4v) is 2.44. The number of hydrogen-bond donors (Lipinski definition) is 0. The molecule has 5 heteroatoms. The SMILES string of the molecule is COC(=O)c1c(C)oc2ccc(OCc3cccc(F)c3)cc12. The summed E-state index contributed by atoms with van der Waals surface area (Å²) in [7, 11) is 1.32. The Morgan fingerprint density at radius 2 is 2.04 bits per heavy atom. The lowest BCUT2D eigenvalue weighted by Crippen LogP contribution is -2.02. The number of furan rings is 1. The highest BCUT2D eigenvalue weighted by Crippen LogP contribution is 2.29. The number of esters is 1. The molecule has 0 bridgehead atoms. The van der Waals surface area contributed by atoms with Crippen molar-refractivity contribution < 1.29 is 23.1 Å². The van der Waals surface area contributed by atoms with Crippen molar-refractivity contribution in [3.8, 4) is 5.75 Å². The van der Waals surface area contributed by atoms with Gasteiger partial charge < -0.3 is 13.9 Å². The second-order valence-corrected chi connectivity index (χ2v) is 5.10. The van der Waals surface area contributed by atoms with Crippen molar-refractivity contribution in [2.45, 2.75) is 13.5 Å². The Bertz CT molecular complexity index is 867. The average molecular weight is 314 g/mol. The summed E-state index contributed by atoms with van der Waals surface area (Å²) in [6.45, 7) is 1.94. The van der Waals surface area contributed by atoms with E-state index in [4.69, 9.17) is 13.9 Å². The lowest BCUT2D eigenvalue weighted by atomic mass is 10.1. The predicted octanol–water partition coefficient (Wildman–Crippen LogP) is 4.25. The number of fused-ring (bicyclic) bond motifs is 1. The summed E-state index contributed by atoms with van der Waals surface area (Å²) in [5, 5.41) is 0.631. The Hall–Kier alpha value is -2.82. The lowest BCUT2D eigenvalue weighted by Gasteiger charge is -2.06. The third-order valence-electron chi connectivity index (χ3n) is 3.52. The third kappa shape index (κ3) is 3.04. The van der Waals surface area contributed by atoms with Gasteiger partial charge in [-0.3, -0.25) is 0 Å². The molecule has 0 aliphatic rings. The van der Waals surface area contributed by atoms with E-state index in [0.29, 0.717) is 28.0 Å². The zero-order valence-corrected chi connectivity index (χ0v) is 12.8. The first-order valence-corrected chi connectivity index (χ1v) is 7.07. The molecule has 0 atom stereocenters. The van der Waals surface area contributed by atoms with Crippen LogP contribution in [0.4, 0.5) is 4.39 Å². The van der Waals surface area contributed by atoms with Crippen LogP contribution in [0, 0.1) is 12.7 Å². The molecule has 3 rings (SSSR count). The molecule has 0 fully saturated rings. The summed E-state index contributed by atoms with van der Waals surface area (Å²) in [6, 6.07) is 11.4. The molecule has 0 amide bonds. The fourth-order valence-electron chi connectivity index (χ4n) is 2.44. The summed E-state index contributed by atoms with van der Waals surface area (Å²) in [4.78, 5) is 11.9. The highest BCUT2D eigenvalue weighted by atomic mass is 19.1. The molecule has 0 aliphatic carbocycles. The van der Waals surface area contributed by atoms with Gasteiger partial charge in [0.15, 0.2) is 0 Å². The van der Waals surface area contributed by atoms with E-state index in [-0.39, 0.29) is 12.4 Å². The number of ether oxygens (including phenoxy) is 2. The van der Waals surface area contributed by atoms with E-state index in [0.717, 1.165) is 5.56 Å². The zero-order chi connectivity index (χ0) is 16.4. The highest BCUT2D eigenvalue weighted by Gasteiger charge is 2.19. The Labute approximate surface area is 132 Å². The van der Waals surface area contributed by atoms with E-state index in [1.807, 2.05) is 0 Å². The van der Waals surface area contributed by atoms with Crippen LogP contribution in [0.5, 0.6) is 5.75 Å². The zero-order valence-electron chi connectivity index (χ0n) is 12.8. The molecule has 2 aromatic carbocycles. The number of halogens is 1. The van der Waals surface area contributed by atoms with Gasteiger partial charge >= 0.3 is 5.97 Å². The van der Waals surface area contributed by atoms with Crippen LogP contribution in [0.15, 0.2) is 46.9 Å². The van der Waals surface area contributed by atoms with Crippen molar-refractivity contribution in [2.24, 2.45) is 0 Å². The van der Waals surface area contributed by atoms with E-state index in [2.05, 4.69) is 0 Å². The Kier molecular flexibility index (Phi) is 4.02. The van der Waals surface area contributed by atoms with Crippen molar-refractivity contribution >= 4 is 16.9 Å². The van der Waals surface area contributed by atoms with E-state index in [9.17, 15) is 9.18 Å². The standard InChI is InChI=1S/C18H15FO4/c1-11-17(18(20)21-2)15-9-14(6-7-16(15)23-11)22-10-12-4-3-5-13(19)8-12/h3-9H,10H2,1-2H3. The van der Waals surface area contributed by atoms with Crippen LogP contribution in [-0.2, 0) is 11.3 Å². The van der Waals surface area contributed by atoms with Crippen LogP contribution in [0.25, 0.3) is 11.0 Å². The number of aryl methyl sites for hydroxylation is 1. The topological polar surface area (TPSA) is 48.7 Å². The van der Waals surface area contributed by atoms with Crippen molar-refractivity contribution in [1.29, 1.82) is 0 Å². The molecule has 0 N–H and O–H groups in total. The molecular weight excluding hydrogens is 299 g/mol. The number of methoxy groups -OCH3 is 1. The van der Waals surface area contributed by atoms with Gasteiger partial charge in [-0.2, -0.15) is 0 Å². The number of benzene rings is 2. The van der Waals surface area contributed by atoms with Crippen molar-refractivity contribution in [1.82, 2.24) is 0 Å². The van der Waals surface area contributed by atoms with E-state index in [1.165, 1.54) is 19.2 Å². The first-order valence-electron chi connectivity index (χ1n) is 7.07. The predicted molar refractivity (Wildman–Crippen MR) is 83.0 cm³/mol. The summed E-state index contributed by atoms with van der Waals surface area (Å²) >= 11 is 0. The lowest BCUT2D eigenvalue weighted by molar-refractivity contribution is 0.0600. The van der Waals surface area contributed by atoms with Crippen LogP contribution in [-0.4, -0.2) is 13.1 Å². The largest absolute Gasteiger partial charge is 0.489 e. The quantitative estimate of drug-likeness (QED) is 0.676. The molecule has 23 heavy (non-hydrogen) atoms. The molecule has 0 saturated carbocycles. The van der Waals surface area contributed by atoms with Gasteiger partial charge in [0.2, 0.25) is 0 Å². The molecule has 4 nitrogen and oxygen atoms in total. The van der Waals surface area contributed by atoms with Gasteiger partial charge in [-0.1, -0.05) is 12.1 Å². The molecule has 0 radical (unpaired) electrons. The smallest absolute Gasteiger partial charge is 0.342 e. The summed E-state index contributed by atoms with van der Waals surface area (Å²) in [5.74, 6) is 0.297. The normalized spacial score (nSPS) is 10.7. The molecular formula is C18H15FO4. The average Bonchev–Trinajstić information content (AvgIpc) is 2.87. The minimum atomic E-state index is -0.455. The molecule has 0 aliphatic heterocycles. The Morgan fingerprint density at radius 3 is 2.78 bits per heavy atom. The monoisotopic (exact) mass is 314 g/mol. The molecule has 3 aromatic rings. The molecule has 1 aromatic heterocycles. The number of rotatable bonds is 4. The highest BCUT2D eigenvalue weighted by molar-refractivity contribution is 6.04. The fraction of sp³-hybridized carbons (Fsp3) is 0.167. The van der Waals surface area contributed by atoms with Gasteiger partial charge in [-0.25, -0.2) is 9.18 Å². The second-order valence-electron chi connectivity index (χ2n) is 5.10. The van der Waals surface area contributed by atoms with E-state index in [1.54, 1.807) is 37.3 Å². The Balaban J connectivity index is 1.89. The number of hydrogen-bond acceptors (Lipinski definition) is 4. The van der Waals surface area contributed by atoms with Gasteiger partial charge in [-0.05, 0) is 42.8 Å². The Morgan fingerprint density at radius 1 is 1.22 bits per heavy atom. The van der Waals surface area contributed by atoms with Crippen LogP contribution >= 0.6 is 0 Å². The van der Waals surface area contributed by atoms with E-state index < -0.39 is 5.97 Å². The second kappa shape index (κ2) is 6.12. The molecule has 0 spiro atoms. The molecule has 0 saturated heterocycles. The molecule has 1 heterocycles. The maximum Gasteiger partial charge on any atom is 0.342 e. The van der Waals surface area contributed by atoms with Crippen molar-refractivity contribution in [3.05, 3.63) is 65.2 Å². The molecule has 118 valence electrons. The van der Waals surface area contributed by atoms with Crippen molar-refractivity contribution in [3.63, 3.8) is 0 Å². The maximum absolute atomic E-state index is 13.2. The summed E-state index contributed by atoms with van der Waals surface area (Å²) in [6.07, 6.45) is 0. The first-order chi connectivity index (χ1) is 11.1. The van der Waals surface area contributed by atoms with Crippen LogP contribution in [0.3, 0.4) is 0 Å². The van der Waals surface area contributed by atoms with E-state index >= 15 is 0 Å². The van der Waals surface area contributed by atoms with Gasteiger partial charge in [0.05, 0.1) is 7.11 Å². The van der Waals surface area contributed by atoms with Gasteiger partial charge in [-0.15, -0.1) is 0 Å². The maximum atomic E-state index is 13.2. The van der Waals surface area contributed by atoms with Crippen LogP contribution < -0.4 is 4.74 Å². The van der Waals surface area contributed by atoms with Gasteiger partial charge in [0, 0.05) is 5.39 Å². The minimum Gasteiger partial charge on any atom is -0.489 e. The first kappa shape index (κ1) is 15.1. The third-order valence-corrected chi connectivity index (χ3v) is 3.52. The number of carbonyl (C=O) groups excluding carboxylic acids is 1. The van der Waals surface area contributed by atoms with Gasteiger partial charge in [0.25, 0.3) is 0 Å². The summed E-state index contributed by atoms with van der Waals surface area (Å²) < 4.78 is 29.2. The van der Waals surface area contributed by atoms with Crippen LogP contribution in [0.1, 0.15) is 21.7 Å². The minimum absolute atomic E-state index is 0.230. The van der Waals surface area contributed by atoms with Crippen LogP contribution in [0.2, 0.25) is 0 Å².